The number of aromatic amines is 1. The topological polar surface area (TPSA) is 78.1 Å². The Hall–Kier alpha value is -3.64. The summed E-state index contributed by atoms with van der Waals surface area (Å²) in [6.07, 6.45) is 3.38. The summed E-state index contributed by atoms with van der Waals surface area (Å²) in [4.78, 5) is 34.5. The summed E-state index contributed by atoms with van der Waals surface area (Å²) in [7, 11) is 0. The molecule has 31 heavy (non-hydrogen) atoms. The molecule has 4 aromatic rings. The Labute approximate surface area is 184 Å². The molecule has 2 heterocycles. The normalized spacial score (nSPS) is 10.8. The number of nitrogens with zero attached hydrogens (tertiary/aromatic N) is 2. The van der Waals surface area contributed by atoms with Crippen molar-refractivity contribution >= 4 is 34.2 Å². The van der Waals surface area contributed by atoms with Crippen molar-refractivity contribution in [1.82, 2.24) is 14.9 Å². The van der Waals surface area contributed by atoms with Gasteiger partial charge in [-0.1, -0.05) is 35.9 Å². The van der Waals surface area contributed by atoms with Crippen molar-refractivity contribution in [1.29, 1.82) is 0 Å². The predicted octanol–water partition coefficient (Wildman–Crippen LogP) is 5.12. The SMILES string of the molecule is Cc1cccc2cc(CN(Cc3cccnc3)C(=O)Nc3ccc(Cl)cc3)c(=O)[nH]c12. The van der Waals surface area contributed by atoms with Crippen molar-refractivity contribution in [2.24, 2.45) is 0 Å². The van der Waals surface area contributed by atoms with Crippen LogP contribution in [0.15, 0.2) is 77.9 Å². The van der Waals surface area contributed by atoms with E-state index in [0.29, 0.717) is 22.8 Å². The van der Waals surface area contributed by atoms with Crippen LogP contribution in [0.1, 0.15) is 16.7 Å². The second-order valence-corrected chi connectivity index (χ2v) is 7.75. The smallest absolute Gasteiger partial charge is 0.321 e. The maximum atomic E-state index is 13.1. The average Bonchev–Trinajstić information content (AvgIpc) is 2.77. The average molecular weight is 433 g/mol. The van der Waals surface area contributed by atoms with Crippen LogP contribution in [0, 0.1) is 6.92 Å². The molecule has 0 spiro atoms. The molecule has 0 saturated carbocycles. The van der Waals surface area contributed by atoms with Gasteiger partial charge in [0, 0.05) is 35.2 Å². The number of amides is 2. The van der Waals surface area contributed by atoms with Gasteiger partial charge in [0.05, 0.1) is 12.1 Å². The van der Waals surface area contributed by atoms with E-state index < -0.39 is 0 Å². The van der Waals surface area contributed by atoms with Crippen molar-refractivity contribution < 1.29 is 4.79 Å². The van der Waals surface area contributed by atoms with Gasteiger partial charge >= 0.3 is 6.03 Å². The van der Waals surface area contributed by atoms with Gasteiger partial charge in [-0.15, -0.1) is 0 Å². The number of hydrogen-bond donors (Lipinski definition) is 2. The summed E-state index contributed by atoms with van der Waals surface area (Å²) in [5.41, 5.74) is 3.58. The number of hydrogen-bond acceptors (Lipinski definition) is 3. The molecule has 2 N–H and O–H groups in total. The molecule has 0 fully saturated rings. The minimum atomic E-state index is -0.324. The van der Waals surface area contributed by atoms with Crippen LogP contribution in [0.25, 0.3) is 10.9 Å². The number of pyridine rings is 2. The number of carbonyl (C=O) groups excluding carboxylic acids is 1. The second-order valence-electron chi connectivity index (χ2n) is 7.32. The van der Waals surface area contributed by atoms with Crippen molar-refractivity contribution in [3.8, 4) is 0 Å². The van der Waals surface area contributed by atoms with Crippen molar-refractivity contribution in [2.45, 2.75) is 20.0 Å². The number of aryl methyl sites for hydroxylation is 1. The maximum absolute atomic E-state index is 13.1. The van der Waals surface area contributed by atoms with Crippen LogP contribution in [0.2, 0.25) is 5.02 Å². The summed E-state index contributed by atoms with van der Waals surface area (Å²) < 4.78 is 0. The fourth-order valence-corrected chi connectivity index (χ4v) is 3.52. The second kappa shape index (κ2) is 9.02. The van der Waals surface area contributed by atoms with Crippen molar-refractivity contribution in [3.63, 3.8) is 0 Å². The van der Waals surface area contributed by atoms with Crippen molar-refractivity contribution in [3.05, 3.63) is 105 Å². The molecule has 156 valence electrons. The van der Waals surface area contributed by atoms with Crippen molar-refractivity contribution in [2.75, 3.05) is 5.32 Å². The minimum absolute atomic E-state index is 0.146. The summed E-state index contributed by atoms with van der Waals surface area (Å²) >= 11 is 5.93. The largest absolute Gasteiger partial charge is 0.322 e. The van der Waals surface area contributed by atoms with E-state index in [-0.39, 0.29) is 18.1 Å². The molecule has 0 atom stereocenters. The number of aromatic nitrogens is 2. The number of urea groups is 1. The third-order valence-electron chi connectivity index (χ3n) is 5.01. The highest BCUT2D eigenvalue weighted by Gasteiger charge is 2.17. The molecule has 0 bridgehead atoms. The molecular formula is C24H21ClN4O2. The first-order valence-corrected chi connectivity index (χ1v) is 10.2. The highest BCUT2D eigenvalue weighted by Crippen LogP contribution is 2.18. The van der Waals surface area contributed by atoms with Gasteiger partial charge in [-0.2, -0.15) is 0 Å². The van der Waals surface area contributed by atoms with Gasteiger partial charge in [-0.25, -0.2) is 4.79 Å². The van der Waals surface area contributed by atoms with Crippen LogP contribution < -0.4 is 10.9 Å². The number of H-pyrrole nitrogens is 1. The fourth-order valence-electron chi connectivity index (χ4n) is 3.40. The van der Waals surface area contributed by atoms with Gasteiger partial charge in [0.25, 0.3) is 5.56 Å². The molecule has 7 heteroatoms. The van der Waals surface area contributed by atoms with E-state index in [4.69, 9.17) is 11.6 Å². The lowest BCUT2D eigenvalue weighted by Gasteiger charge is -2.23. The summed E-state index contributed by atoms with van der Waals surface area (Å²) in [5, 5.41) is 4.38. The molecule has 4 rings (SSSR count). The molecule has 0 radical (unpaired) electrons. The molecule has 0 aliphatic rings. The number of fused-ring (bicyclic) bond motifs is 1. The number of para-hydroxylation sites is 1. The first-order chi connectivity index (χ1) is 15.0. The van der Waals surface area contributed by atoms with E-state index in [2.05, 4.69) is 15.3 Å². The van der Waals surface area contributed by atoms with Gasteiger partial charge in [0.15, 0.2) is 0 Å². The van der Waals surface area contributed by atoms with E-state index in [0.717, 1.165) is 22.0 Å². The highest BCUT2D eigenvalue weighted by molar-refractivity contribution is 6.30. The Morgan fingerprint density at radius 2 is 1.90 bits per heavy atom. The van der Waals surface area contributed by atoms with Crippen LogP contribution in [0.5, 0.6) is 0 Å². The summed E-state index contributed by atoms with van der Waals surface area (Å²) in [6, 6.07) is 17.9. The maximum Gasteiger partial charge on any atom is 0.322 e. The van der Waals surface area contributed by atoms with E-state index >= 15 is 0 Å². The molecule has 2 aromatic heterocycles. The lowest BCUT2D eigenvalue weighted by atomic mass is 10.1. The van der Waals surface area contributed by atoms with Gasteiger partial charge < -0.3 is 15.2 Å². The third kappa shape index (κ3) is 4.92. The summed E-state index contributed by atoms with van der Waals surface area (Å²) in [5.74, 6) is 0. The summed E-state index contributed by atoms with van der Waals surface area (Å²) in [6.45, 7) is 2.40. The molecule has 0 aliphatic carbocycles. The lowest BCUT2D eigenvalue weighted by molar-refractivity contribution is 0.206. The molecule has 2 amide bonds. The number of halogens is 1. The van der Waals surface area contributed by atoms with Gasteiger partial charge in [-0.05, 0) is 59.8 Å². The zero-order valence-corrected chi connectivity index (χ0v) is 17.7. The number of benzene rings is 2. The van der Waals surface area contributed by atoms with Gasteiger partial charge in [-0.3, -0.25) is 9.78 Å². The van der Waals surface area contributed by atoms with Crippen LogP contribution in [0.4, 0.5) is 10.5 Å². The monoisotopic (exact) mass is 432 g/mol. The minimum Gasteiger partial charge on any atom is -0.321 e. The fraction of sp³-hybridized carbons (Fsp3) is 0.125. The zero-order chi connectivity index (χ0) is 21.8. The molecule has 2 aromatic carbocycles. The Bertz CT molecular complexity index is 1270. The molecule has 0 aliphatic heterocycles. The molecule has 0 unspecified atom stereocenters. The lowest BCUT2D eigenvalue weighted by Crippen LogP contribution is -2.35. The Kier molecular flexibility index (Phi) is 6.00. The molecule has 0 saturated heterocycles. The van der Waals surface area contributed by atoms with E-state index in [1.54, 1.807) is 41.6 Å². The molecular weight excluding hydrogens is 412 g/mol. The Morgan fingerprint density at radius 1 is 1.10 bits per heavy atom. The number of rotatable bonds is 5. The molecule has 6 nitrogen and oxygen atoms in total. The Balaban J connectivity index is 1.64. The number of anilines is 1. The van der Waals surface area contributed by atoms with Crippen LogP contribution in [0.3, 0.4) is 0 Å². The highest BCUT2D eigenvalue weighted by atomic mass is 35.5. The standard InChI is InChI=1S/C24H21ClN4O2/c1-16-4-2-6-18-12-19(23(30)28-22(16)18)15-29(14-17-5-3-11-26-13-17)24(31)27-21-9-7-20(25)8-10-21/h2-13H,14-15H2,1H3,(H,27,31)(H,28,30). The Morgan fingerprint density at radius 3 is 2.65 bits per heavy atom. The van der Waals surface area contributed by atoms with E-state index in [1.165, 1.54) is 0 Å². The predicted molar refractivity (Wildman–Crippen MR) is 123 cm³/mol. The first-order valence-electron chi connectivity index (χ1n) is 9.81. The van der Waals surface area contributed by atoms with E-state index in [1.807, 2.05) is 43.3 Å². The van der Waals surface area contributed by atoms with Gasteiger partial charge in [0.1, 0.15) is 0 Å². The third-order valence-corrected chi connectivity index (χ3v) is 5.26. The van der Waals surface area contributed by atoms with Gasteiger partial charge in [0.2, 0.25) is 0 Å². The quantitative estimate of drug-likeness (QED) is 0.459. The number of carbonyl (C=O) groups is 1. The number of nitrogens with one attached hydrogen (secondary N) is 2. The van der Waals surface area contributed by atoms with E-state index in [9.17, 15) is 9.59 Å². The van der Waals surface area contributed by atoms with Crippen LogP contribution in [-0.2, 0) is 13.1 Å². The first kappa shape index (κ1) is 20.6. The zero-order valence-electron chi connectivity index (χ0n) is 16.9. The van der Waals surface area contributed by atoms with Crippen LogP contribution >= 0.6 is 11.6 Å². The van der Waals surface area contributed by atoms with Crippen LogP contribution in [-0.4, -0.2) is 20.9 Å².